The molecule has 0 aliphatic rings. The summed E-state index contributed by atoms with van der Waals surface area (Å²) in [5.41, 5.74) is 1.27. The molecule has 0 aliphatic carbocycles. The van der Waals surface area contributed by atoms with Crippen LogP contribution in [0.15, 0.2) is 52.7 Å². The van der Waals surface area contributed by atoms with Gasteiger partial charge in [0.25, 0.3) is 5.69 Å². The molecule has 0 saturated carbocycles. The Morgan fingerprint density at radius 2 is 1.88 bits per heavy atom. The van der Waals surface area contributed by atoms with Crippen LogP contribution in [0.25, 0.3) is 0 Å². The second-order valence-corrected chi connectivity index (χ2v) is 4.71. The van der Waals surface area contributed by atoms with Gasteiger partial charge in [0.1, 0.15) is 11.4 Å². The Labute approximate surface area is 139 Å². The van der Waals surface area contributed by atoms with Gasteiger partial charge in [-0.15, -0.1) is 0 Å². The summed E-state index contributed by atoms with van der Waals surface area (Å²) in [6.07, 6.45) is 0. The lowest BCUT2D eigenvalue weighted by atomic mass is 10.2. The summed E-state index contributed by atoms with van der Waals surface area (Å²) in [6, 6.07) is 11.8. The van der Waals surface area contributed by atoms with Crippen molar-refractivity contribution in [3.63, 3.8) is 0 Å². The van der Waals surface area contributed by atoms with Crippen molar-refractivity contribution < 1.29 is 14.4 Å². The predicted molar refractivity (Wildman–Crippen MR) is 90.5 cm³/mol. The topological polar surface area (TPSA) is 98.4 Å². The molecule has 1 N–H and O–H groups in total. The van der Waals surface area contributed by atoms with Crippen LogP contribution in [0.2, 0.25) is 0 Å². The molecule has 0 saturated heterocycles. The number of nitro groups is 1. The zero-order valence-electron chi connectivity index (χ0n) is 13.4. The van der Waals surface area contributed by atoms with Crippen LogP contribution in [0.1, 0.15) is 0 Å². The normalized spacial score (nSPS) is 10.6. The molecule has 8 heteroatoms. The molecule has 24 heavy (non-hydrogen) atoms. The fourth-order valence-corrected chi connectivity index (χ4v) is 2.02. The van der Waals surface area contributed by atoms with Crippen molar-refractivity contribution in [2.45, 2.75) is 0 Å². The summed E-state index contributed by atoms with van der Waals surface area (Å²) in [6.45, 7) is 0.997. The lowest BCUT2D eigenvalue weighted by Gasteiger charge is -2.09. The molecule has 0 radical (unpaired) electrons. The quantitative estimate of drug-likeness (QED) is 0.343. The summed E-state index contributed by atoms with van der Waals surface area (Å²) in [5, 5.41) is 22.1. The van der Waals surface area contributed by atoms with E-state index in [1.54, 1.807) is 7.11 Å². The fraction of sp³-hybridized carbons (Fsp3) is 0.250. The molecule has 0 fully saturated rings. The number of para-hydroxylation sites is 2. The number of nitrogens with zero attached hydrogens (tertiary/aromatic N) is 3. The van der Waals surface area contributed by atoms with Gasteiger partial charge in [0.2, 0.25) is 0 Å². The molecule has 2 aromatic rings. The zero-order chi connectivity index (χ0) is 17.4. The van der Waals surface area contributed by atoms with Crippen LogP contribution >= 0.6 is 0 Å². The lowest BCUT2D eigenvalue weighted by Crippen LogP contribution is -2.05. The number of rotatable bonds is 8. The first-order valence-corrected chi connectivity index (χ1v) is 7.22. The van der Waals surface area contributed by atoms with Gasteiger partial charge >= 0.3 is 0 Å². The number of methoxy groups -OCH3 is 2. The number of ether oxygens (including phenoxy) is 2. The molecule has 2 rings (SSSR count). The van der Waals surface area contributed by atoms with Crippen molar-refractivity contribution in [1.29, 1.82) is 0 Å². The van der Waals surface area contributed by atoms with Crippen LogP contribution in [0.3, 0.4) is 0 Å². The van der Waals surface area contributed by atoms with Gasteiger partial charge in [0.15, 0.2) is 5.75 Å². The Kier molecular flexibility index (Phi) is 6.07. The van der Waals surface area contributed by atoms with Gasteiger partial charge in [-0.3, -0.25) is 10.1 Å². The van der Waals surface area contributed by atoms with Gasteiger partial charge in [-0.1, -0.05) is 12.1 Å². The number of azo groups is 1. The number of nitro benzene ring substituents is 1. The molecule has 0 amide bonds. The third-order valence-electron chi connectivity index (χ3n) is 3.19. The molecule has 2 aromatic carbocycles. The number of hydrogen-bond acceptors (Lipinski definition) is 7. The van der Waals surface area contributed by atoms with E-state index in [0.29, 0.717) is 24.5 Å². The molecule has 0 aliphatic heterocycles. The number of nitrogens with one attached hydrogen (secondary N) is 1. The summed E-state index contributed by atoms with van der Waals surface area (Å²) in [5.74, 6) is 1.07. The van der Waals surface area contributed by atoms with Crippen molar-refractivity contribution >= 4 is 17.1 Å². The SMILES string of the molecule is COc1cc([N+](=O)[O-])ccc1N=NCCNc1ccccc1OC. The largest absolute Gasteiger partial charge is 0.495 e. The predicted octanol–water partition coefficient (Wildman–Crippen LogP) is 3.81. The van der Waals surface area contributed by atoms with Crippen molar-refractivity contribution in [2.75, 3.05) is 32.6 Å². The Hall–Kier alpha value is -3.16. The van der Waals surface area contributed by atoms with E-state index in [-0.39, 0.29) is 5.69 Å². The average molecular weight is 330 g/mol. The van der Waals surface area contributed by atoms with Gasteiger partial charge < -0.3 is 14.8 Å². The number of hydrogen-bond donors (Lipinski definition) is 1. The van der Waals surface area contributed by atoms with E-state index < -0.39 is 4.92 Å². The van der Waals surface area contributed by atoms with E-state index in [4.69, 9.17) is 9.47 Å². The lowest BCUT2D eigenvalue weighted by molar-refractivity contribution is -0.384. The van der Waals surface area contributed by atoms with Gasteiger partial charge in [0, 0.05) is 12.6 Å². The van der Waals surface area contributed by atoms with Gasteiger partial charge in [-0.05, 0) is 18.2 Å². The van der Waals surface area contributed by atoms with Crippen LogP contribution < -0.4 is 14.8 Å². The minimum absolute atomic E-state index is 0.0522. The second-order valence-electron chi connectivity index (χ2n) is 4.71. The number of benzene rings is 2. The summed E-state index contributed by atoms with van der Waals surface area (Å²) in [4.78, 5) is 10.3. The molecule has 126 valence electrons. The second kappa shape index (κ2) is 8.47. The van der Waals surface area contributed by atoms with E-state index >= 15 is 0 Å². The maximum atomic E-state index is 10.7. The summed E-state index contributed by atoms with van der Waals surface area (Å²) < 4.78 is 10.3. The Balaban J connectivity index is 1.93. The van der Waals surface area contributed by atoms with Crippen LogP contribution in [-0.2, 0) is 0 Å². The third kappa shape index (κ3) is 4.42. The van der Waals surface area contributed by atoms with E-state index in [9.17, 15) is 10.1 Å². The van der Waals surface area contributed by atoms with Crippen molar-refractivity contribution in [3.05, 3.63) is 52.6 Å². The number of anilines is 1. The minimum atomic E-state index is -0.486. The van der Waals surface area contributed by atoms with Gasteiger partial charge in [0.05, 0.1) is 37.4 Å². The van der Waals surface area contributed by atoms with E-state index in [1.807, 2.05) is 24.3 Å². The molecule has 0 atom stereocenters. The van der Waals surface area contributed by atoms with Gasteiger partial charge in [-0.25, -0.2) is 0 Å². The van der Waals surface area contributed by atoms with E-state index in [0.717, 1.165) is 11.4 Å². The first kappa shape index (κ1) is 17.2. The molecule has 0 heterocycles. The number of non-ortho nitro benzene ring substituents is 1. The Morgan fingerprint density at radius 1 is 1.12 bits per heavy atom. The standard InChI is InChI=1S/C16H18N4O4/c1-23-15-6-4-3-5-13(15)17-9-10-18-19-14-8-7-12(20(21)22)11-16(14)24-2/h3-8,11,17H,9-10H2,1-2H3. The molecule has 0 unspecified atom stereocenters. The molecule has 0 aromatic heterocycles. The van der Waals surface area contributed by atoms with Crippen LogP contribution in [-0.4, -0.2) is 32.2 Å². The average Bonchev–Trinajstić information content (AvgIpc) is 2.61. The van der Waals surface area contributed by atoms with Crippen LogP contribution in [0.5, 0.6) is 11.5 Å². The summed E-state index contributed by atoms with van der Waals surface area (Å²) >= 11 is 0. The molecular formula is C16H18N4O4. The van der Waals surface area contributed by atoms with E-state index in [2.05, 4.69) is 15.5 Å². The van der Waals surface area contributed by atoms with E-state index in [1.165, 1.54) is 25.3 Å². The van der Waals surface area contributed by atoms with Crippen LogP contribution in [0.4, 0.5) is 17.1 Å². The van der Waals surface area contributed by atoms with Crippen molar-refractivity contribution in [1.82, 2.24) is 0 Å². The van der Waals surface area contributed by atoms with Crippen molar-refractivity contribution in [3.8, 4) is 11.5 Å². The Morgan fingerprint density at radius 3 is 2.58 bits per heavy atom. The molecule has 0 bridgehead atoms. The highest BCUT2D eigenvalue weighted by atomic mass is 16.6. The van der Waals surface area contributed by atoms with Gasteiger partial charge in [-0.2, -0.15) is 10.2 Å². The monoisotopic (exact) mass is 330 g/mol. The minimum Gasteiger partial charge on any atom is -0.495 e. The maximum Gasteiger partial charge on any atom is 0.273 e. The third-order valence-corrected chi connectivity index (χ3v) is 3.19. The molecule has 8 nitrogen and oxygen atoms in total. The highest BCUT2D eigenvalue weighted by molar-refractivity contribution is 5.57. The first-order chi connectivity index (χ1) is 11.7. The highest BCUT2D eigenvalue weighted by Crippen LogP contribution is 2.31. The molecular weight excluding hydrogens is 312 g/mol. The Bertz CT molecular complexity index is 734. The highest BCUT2D eigenvalue weighted by Gasteiger charge is 2.10. The molecule has 0 spiro atoms. The fourth-order valence-electron chi connectivity index (χ4n) is 2.02. The first-order valence-electron chi connectivity index (χ1n) is 7.22. The maximum absolute atomic E-state index is 10.7. The smallest absolute Gasteiger partial charge is 0.273 e. The zero-order valence-corrected chi connectivity index (χ0v) is 13.4. The van der Waals surface area contributed by atoms with Crippen molar-refractivity contribution in [2.24, 2.45) is 10.2 Å². The van der Waals surface area contributed by atoms with Crippen LogP contribution in [0, 0.1) is 10.1 Å². The summed E-state index contributed by atoms with van der Waals surface area (Å²) in [7, 11) is 3.04.